The molecule has 5 nitrogen and oxygen atoms in total. The number of hydrogen-bond donors (Lipinski definition) is 2. The second kappa shape index (κ2) is 8.57. The highest BCUT2D eigenvalue weighted by Gasteiger charge is 2.29. The minimum Gasteiger partial charge on any atom is -0.483 e. The van der Waals surface area contributed by atoms with Gasteiger partial charge in [-0.05, 0) is 25.2 Å². The minimum absolute atomic E-state index is 0.250. The summed E-state index contributed by atoms with van der Waals surface area (Å²) in [7, 11) is 0. The van der Waals surface area contributed by atoms with E-state index >= 15 is 0 Å². The van der Waals surface area contributed by atoms with E-state index in [2.05, 4.69) is 11.3 Å². The molecule has 1 saturated carbocycles. The molecule has 0 atom stereocenters. The first-order valence-corrected chi connectivity index (χ1v) is 6.96. The van der Waals surface area contributed by atoms with Gasteiger partial charge in [-0.25, -0.2) is 5.26 Å². The molecule has 0 spiro atoms. The molecule has 0 radical (unpaired) electrons. The van der Waals surface area contributed by atoms with E-state index in [-0.39, 0.29) is 19.1 Å². The summed E-state index contributed by atoms with van der Waals surface area (Å²) in [6.45, 7) is 0.870. The molecule has 1 amide bonds. The lowest BCUT2D eigenvalue weighted by Gasteiger charge is -2.23. The number of nitriles is 1. The third-order valence-electron chi connectivity index (χ3n) is 3.83. The van der Waals surface area contributed by atoms with Crippen molar-refractivity contribution < 1.29 is 14.7 Å². The van der Waals surface area contributed by atoms with Crippen LogP contribution in [-0.4, -0.2) is 30.7 Å². The number of hydrogen-bond acceptors (Lipinski definition) is 3. The maximum Gasteiger partial charge on any atom is 0.290 e. The molecule has 2 aliphatic rings. The van der Waals surface area contributed by atoms with Crippen LogP contribution in [0.25, 0.3) is 0 Å². The van der Waals surface area contributed by atoms with Crippen molar-refractivity contribution >= 4 is 19.1 Å². The van der Waals surface area contributed by atoms with Gasteiger partial charge in [-0.2, -0.15) is 0 Å². The summed E-state index contributed by atoms with van der Waals surface area (Å²) in [4.78, 5) is 19.8. The molecule has 0 bridgehead atoms. The lowest BCUT2D eigenvalue weighted by atomic mass is 9.41. The zero-order chi connectivity index (χ0) is 14.1. The number of carboxylic acid groups (broad SMARTS) is 1. The van der Waals surface area contributed by atoms with Gasteiger partial charge in [0.15, 0.2) is 0 Å². The maximum atomic E-state index is 11.4. The summed E-state index contributed by atoms with van der Waals surface area (Å²) in [5.41, 5.74) is 0. The summed E-state index contributed by atoms with van der Waals surface area (Å²) < 4.78 is 0. The van der Waals surface area contributed by atoms with Crippen molar-refractivity contribution in [2.75, 3.05) is 6.54 Å². The van der Waals surface area contributed by atoms with E-state index < -0.39 is 0 Å². The number of nitrogens with zero attached hydrogens (tertiary/aromatic N) is 1. The number of rotatable bonds is 4. The van der Waals surface area contributed by atoms with E-state index in [9.17, 15) is 4.79 Å². The molecule has 19 heavy (non-hydrogen) atoms. The highest BCUT2D eigenvalue weighted by Crippen LogP contribution is 2.29. The molecule has 0 aromatic rings. The van der Waals surface area contributed by atoms with Crippen LogP contribution in [0.2, 0.25) is 12.6 Å². The average molecular weight is 264 g/mol. The second-order valence-corrected chi connectivity index (χ2v) is 5.31. The Labute approximate surface area is 114 Å². The summed E-state index contributed by atoms with van der Waals surface area (Å²) >= 11 is 0. The lowest BCUT2D eigenvalue weighted by Crippen LogP contribution is -2.28. The van der Waals surface area contributed by atoms with Crippen LogP contribution in [0.15, 0.2) is 0 Å². The molecule has 1 aliphatic carbocycles. The van der Waals surface area contributed by atoms with Crippen molar-refractivity contribution in [3.05, 3.63) is 0 Å². The first kappa shape index (κ1) is 15.6. The van der Waals surface area contributed by atoms with Crippen LogP contribution < -0.4 is 5.32 Å². The smallest absolute Gasteiger partial charge is 0.290 e. The first-order valence-electron chi connectivity index (χ1n) is 6.96. The van der Waals surface area contributed by atoms with Crippen LogP contribution in [0.1, 0.15) is 32.1 Å². The summed E-state index contributed by atoms with van der Waals surface area (Å²) in [6.07, 6.45) is 7.69. The quantitative estimate of drug-likeness (QED) is 0.595. The van der Waals surface area contributed by atoms with Crippen molar-refractivity contribution in [2.24, 2.45) is 11.8 Å². The van der Waals surface area contributed by atoms with Crippen LogP contribution in [-0.2, 0) is 9.59 Å². The van der Waals surface area contributed by atoms with Crippen LogP contribution >= 0.6 is 0 Å². The third-order valence-corrected chi connectivity index (χ3v) is 3.83. The van der Waals surface area contributed by atoms with Gasteiger partial charge in [0.25, 0.3) is 13.2 Å². The van der Waals surface area contributed by atoms with Crippen molar-refractivity contribution in [3.63, 3.8) is 0 Å². The van der Waals surface area contributed by atoms with Gasteiger partial charge in [0.1, 0.15) is 0 Å². The highest BCUT2D eigenvalue weighted by molar-refractivity contribution is 6.67. The van der Waals surface area contributed by atoms with Crippen molar-refractivity contribution in [3.8, 4) is 5.97 Å². The number of carbonyl (C=O) groups is 2. The normalized spacial score (nSPS) is 18.8. The van der Waals surface area contributed by atoms with Gasteiger partial charge in [-0.3, -0.25) is 9.59 Å². The van der Waals surface area contributed by atoms with E-state index in [1.54, 1.807) is 0 Å². The summed E-state index contributed by atoms with van der Waals surface area (Å²) in [5, 5.41) is 18.7. The summed E-state index contributed by atoms with van der Waals surface area (Å²) in [5.74, 6) is 3.66. The van der Waals surface area contributed by atoms with Gasteiger partial charge >= 0.3 is 0 Å². The first-order chi connectivity index (χ1) is 9.21. The largest absolute Gasteiger partial charge is 0.483 e. The molecule has 1 saturated heterocycles. The molecule has 2 rings (SSSR count). The predicted octanol–water partition coefficient (Wildman–Crippen LogP) is 1.57. The fourth-order valence-corrected chi connectivity index (χ4v) is 2.47. The third kappa shape index (κ3) is 6.28. The molecule has 0 aromatic heterocycles. The average Bonchev–Trinajstić information content (AvgIpc) is 3.25. The molecule has 0 unspecified atom stereocenters. The van der Waals surface area contributed by atoms with Crippen molar-refractivity contribution in [1.29, 1.82) is 5.26 Å². The molecule has 104 valence electrons. The van der Waals surface area contributed by atoms with Gasteiger partial charge < -0.3 is 10.4 Å². The minimum atomic E-state index is -0.250. The SMILES string of the molecule is N#CB1CCC(CCNC(=O)C2CC2)CC1.O=CO. The standard InChI is InChI=1S/C12H19BN2O.CH2O2/c14-9-13-6-3-10(4-7-13)5-8-15-12(16)11-1-2-11;2-1-3/h10-11H,1-8H2,(H,15,16);1H,(H,2,3). The highest BCUT2D eigenvalue weighted by atomic mass is 16.3. The molecular formula is C13H21BN2O3. The molecule has 2 fully saturated rings. The van der Waals surface area contributed by atoms with Crippen LogP contribution in [0.4, 0.5) is 0 Å². The molecular weight excluding hydrogens is 243 g/mol. The maximum absolute atomic E-state index is 11.4. The van der Waals surface area contributed by atoms with E-state index in [0.717, 1.165) is 57.2 Å². The summed E-state index contributed by atoms with van der Waals surface area (Å²) in [6, 6.07) is 0. The van der Waals surface area contributed by atoms with Gasteiger partial charge in [0.2, 0.25) is 5.91 Å². The lowest BCUT2D eigenvalue weighted by molar-refractivity contribution is -0.123. The van der Waals surface area contributed by atoms with Gasteiger partial charge in [0, 0.05) is 18.4 Å². The fourth-order valence-electron chi connectivity index (χ4n) is 2.47. The van der Waals surface area contributed by atoms with Crippen molar-refractivity contribution in [1.82, 2.24) is 5.32 Å². The second-order valence-electron chi connectivity index (χ2n) is 5.31. The van der Waals surface area contributed by atoms with E-state index in [1.165, 1.54) is 0 Å². The molecule has 2 N–H and O–H groups in total. The van der Waals surface area contributed by atoms with Crippen LogP contribution in [0, 0.1) is 23.1 Å². The molecule has 1 heterocycles. The number of carbonyl (C=O) groups excluding carboxylic acids is 1. The van der Waals surface area contributed by atoms with Crippen molar-refractivity contribution in [2.45, 2.75) is 44.7 Å². The number of nitrogens with one attached hydrogen (secondary N) is 1. The Morgan fingerprint density at radius 1 is 1.37 bits per heavy atom. The van der Waals surface area contributed by atoms with Gasteiger partial charge in [0.05, 0.1) is 0 Å². The Morgan fingerprint density at radius 2 is 1.95 bits per heavy atom. The Hall–Kier alpha value is -1.51. The Morgan fingerprint density at radius 3 is 2.42 bits per heavy atom. The zero-order valence-corrected chi connectivity index (χ0v) is 11.2. The Kier molecular flexibility index (Phi) is 7.02. The van der Waals surface area contributed by atoms with Crippen LogP contribution in [0.3, 0.4) is 0 Å². The fraction of sp³-hybridized carbons (Fsp3) is 0.769. The monoisotopic (exact) mass is 264 g/mol. The zero-order valence-electron chi connectivity index (χ0n) is 11.2. The van der Waals surface area contributed by atoms with Gasteiger partial charge in [-0.1, -0.05) is 25.5 Å². The topological polar surface area (TPSA) is 90.2 Å². The molecule has 6 heteroatoms. The molecule has 0 aromatic carbocycles. The van der Waals surface area contributed by atoms with Crippen LogP contribution in [0.5, 0.6) is 0 Å². The van der Waals surface area contributed by atoms with E-state index in [4.69, 9.17) is 15.2 Å². The number of amides is 1. The predicted molar refractivity (Wildman–Crippen MR) is 72.7 cm³/mol. The molecule has 1 aliphatic heterocycles. The van der Waals surface area contributed by atoms with E-state index in [1.807, 2.05) is 0 Å². The van der Waals surface area contributed by atoms with E-state index in [0.29, 0.717) is 5.92 Å². The Bertz CT molecular complexity index is 331. The van der Waals surface area contributed by atoms with Gasteiger partial charge in [-0.15, -0.1) is 0 Å². The Balaban J connectivity index is 0.000000550.